The third kappa shape index (κ3) is 2.92. The molecule has 20 heavy (non-hydrogen) atoms. The molecule has 1 aromatic carbocycles. The highest BCUT2D eigenvalue weighted by atomic mass is 16.6. The number of non-ortho nitro benzene ring substituents is 1. The Morgan fingerprint density at radius 1 is 1.55 bits per heavy atom. The summed E-state index contributed by atoms with van der Waals surface area (Å²) in [6.45, 7) is 0.595. The second kappa shape index (κ2) is 5.84. The highest BCUT2D eigenvalue weighted by Gasteiger charge is 2.10. The van der Waals surface area contributed by atoms with Gasteiger partial charge in [0.1, 0.15) is 11.9 Å². The van der Waals surface area contributed by atoms with Gasteiger partial charge in [0.2, 0.25) is 0 Å². The van der Waals surface area contributed by atoms with Crippen molar-refractivity contribution in [3.63, 3.8) is 0 Å². The van der Waals surface area contributed by atoms with Crippen LogP contribution in [0.4, 0.5) is 11.4 Å². The average Bonchev–Trinajstić information content (AvgIpc) is 2.84. The summed E-state index contributed by atoms with van der Waals surface area (Å²) in [4.78, 5) is 14.3. The number of aromatic nitrogens is 2. The number of hydrogen-bond donors (Lipinski definition) is 1. The summed E-state index contributed by atoms with van der Waals surface area (Å²) in [6.07, 6.45) is 4.29. The molecule has 0 bridgehead atoms. The number of rotatable bonds is 5. The predicted octanol–water partition coefficient (Wildman–Crippen LogP) is 1.85. The molecule has 0 saturated heterocycles. The van der Waals surface area contributed by atoms with E-state index in [4.69, 9.17) is 5.26 Å². The van der Waals surface area contributed by atoms with Crippen LogP contribution in [0.2, 0.25) is 0 Å². The van der Waals surface area contributed by atoms with E-state index >= 15 is 0 Å². The Morgan fingerprint density at radius 2 is 2.35 bits per heavy atom. The fourth-order valence-electron chi connectivity index (χ4n) is 1.84. The van der Waals surface area contributed by atoms with Crippen molar-refractivity contribution >= 4 is 11.4 Å². The lowest BCUT2D eigenvalue weighted by atomic mass is 10.1. The van der Waals surface area contributed by atoms with E-state index in [9.17, 15) is 10.1 Å². The van der Waals surface area contributed by atoms with Crippen molar-refractivity contribution in [2.24, 2.45) is 7.05 Å². The molecule has 0 aliphatic heterocycles. The molecule has 7 heteroatoms. The Labute approximate surface area is 115 Å². The van der Waals surface area contributed by atoms with Gasteiger partial charge >= 0.3 is 0 Å². The van der Waals surface area contributed by atoms with Crippen LogP contribution in [0, 0.1) is 21.4 Å². The fourth-order valence-corrected chi connectivity index (χ4v) is 1.84. The second-order valence-electron chi connectivity index (χ2n) is 4.23. The molecule has 1 heterocycles. The van der Waals surface area contributed by atoms with Gasteiger partial charge in [-0.3, -0.25) is 10.1 Å². The van der Waals surface area contributed by atoms with Gasteiger partial charge in [0.05, 0.1) is 16.2 Å². The number of nitriles is 1. The molecule has 1 aromatic heterocycles. The number of hydrogen-bond acceptors (Lipinski definition) is 5. The number of imidazole rings is 1. The molecule has 0 radical (unpaired) electrons. The number of anilines is 1. The highest BCUT2D eigenvalue weighted by molar-refractivity contribution is 5.61. The Bertz CT molecular complexity index is 672. The van der Waals surface area contributed by atoms with E-state index in [1.54, 1.807) is 12.3 Å². The summed E-state index contributed by atoms with van der Waals surface area (Å²) in [6, 6.07) is 6.15. The molecule has 0 fully saturated rings. The van der Waals surface area contributed by atoms with Crippen LogP contribution in [-0.2, 0) is 13.5 Å². The predicted molar refractivity (Wildman–Crippen MR) is 73.2 cm³/mol. The van der Waals surface area contributed by atoms with Crippen molar-refractivity contribution in [1.29, 1.82) is 5.26 Å². The Balaban J connectivity index is 2.05. The second-order valence-corrected chi connectivity index (χ2v) is 4.23. The van der Waals surface area contributed by atoms with Gasteiger partial charge in [0, 0.05) is 44.5 Å². The molecule has 0 unspecified atom stereocenters. The topological polar surface area (TPSA) is 96.8 Å². The van der Waals surface area contributed by atoms with Crippen LogP contribution in [0.25, 0.3) is 0 Å². The minimum Gasteiger partial charge on any atom is -0.384 e. The molecule has 2 rings (SSSR count). The van der Waals surface area contributed by atoms with Crippen molar-refractivity contribution in [2.75, 3.05) is 11.9 Å². The highest BCUT2D eigenvalue weighted by Crippen LogP contribution is 2.21. The summed E-state index contributed by atoms with van der Waals surface area (Å²) in [5.74, 6) is 0.929. The third-order valence-corrected chi connectivity index (χ3v) is 2.92. The van der Waals surface area contributed by atoms with Gasteiger partial charge in [0.15, 0.2) is 0 Å². The van der Waals surface area contributed by atoms with Crippen molar-refractivity contribution < 1.29 is 4.92 Å². The standard InChI is InChI=1S/C13H13N5O2/c1-17-7-6-16-13(17)4-5-15-12-3-2-11(18(19)20)8-10(12)9-14/h2-3,6-8,15H,4-5H2,1H3. The first-order valence-electron chi connectivity index (χ1n) is 6.00. The molecular weight excluding hydrogens is 258 g/mol. The number of nitro benzene ring substituents is 1. The zero-order valence-corrected chi connectivity index (χ0v) is 10.9. The SMILES string of the molecule is Cn1ccnc1CCNc1ccc([N+](=O)[O-])cc1C#N. The first-order chi connectivity index (χ1) is 9.61. The van der Waals surface area contributed by atoms with Gasteiger partial charge in [-0.2, -0.15) is 5.26 Å². The maximum Gasteiger partial charge on any atom is 0.270 e. The normalized spacial score (nSPS) is 10.0. The lowest BCUT2D eigenvalue weighted by molar-refractivity contribution is -0.384. The van der Waals surface area contributed by atoms with E-state index in [2.05, 4.69) is 10.3 Å². The van der Waals surface area contributed by atoms with Crippen molar-refractivity contribution in [3.05, 3.63) is 52.1 Å². The molecule has 7 nitrogen and oxygen atoms in total. The zero-order chi connectivity index (χ0) is 14.5. The summed E-state index contributed by atoms with van der Waals surface area (Å²) < 4.78 is 1.92. The Hall–Kier alpha value is -2.88. The van der Waals surface area contributed by atoms with Gasteiger partial charge < -0.3 is 9.88 Å². The molecule has 0 atom stereocenters. The van der Waals surface area contributed by atoms with Crippen molar-refractivity contribution in [1.82, 2.24) is 9.55 Å². The molecule has 0 aliphatic rings. The Kier molecular flexibility index (Phi) is 3.96. The fraction of sp³-hybridized carbons (Fsp3) is 0.231. The largest absolute Gasteiger partial charge is 0.384 e. The van der Waals surface area contributed by atoms with Gasteiger partial charge in [-0.05, 0) is 6.07 Å². The van der Waals surface area contributed by atoms with Crippen LogP contribution in [0.3, 0.4) is 0 Å². The third-order valence-electron chi connectivity index (χ3n) is 2.92. The van der Waals surface area contributed by atoms with Gasteiger partial charge in [-0.1, -0.05) is 0 Å². The quantitative estimate of drug-likeness (QED) is 0.661. The molecule has 0 spiro atoms. The van der Waals surface area contributed by atoms with E-state index in [1.165, 1.54) is 12.1 Å². The van der Waals surface area contributed by atoms with Crippen LogP contribution in [-0.4, -0.2) is 21.0 Å². The van der Waals surface area contributed by atoms with Crippen LogP contribution in [0.15, 0.2) is 30.6 Å². The van der Waals surface area contributed by atoms with Crippen molar-refractivity contribution in [2.45, 2.75) is 6.42 Å². The van der Waals surface area contributed by atoms with Crippen LogP contribution in [0.1, 0.15) is 11.4 Å². The summed E-state index contributed by atoms with van der Waals surface area (Å²) in [5.41, 5.74) is 0.766. The maximum absolute atomic E-state index is 10.7. The molecule has 2 aromatic rings. The minimum atomic E-state index is -0.515. The van der Waals surface area contributed by atoms with Gasteiger partial charge in [0.25, 0.3) is 5.69 Å². The van der Waals surface area contributed by atoms with Gasteiger partial charge in [-0.25, -0.2) is 4.98 Å². The number of nitro groups is 1. The van der Waals surface area contributed by atoms with E-state index in [0.717, 1.165) is 5.82 Å². The number of nitrogens with zero attached hydrogens (tertiary/aromatic N) is 4. The number of nitrogens with one attached hydrogen (secondary N) is 1. The molecular formula is C13H13N5O2. The Morgan fingerprint density at radius 3 is 2.95 bits per heavy atom. The molecule has 0 aliphatic carbocycles. The van der Waals surface area contributed by atoms with Crippen molar-refractivity contribution in [3.8, 4) is 6.07 Å². The van der Waals surface area contributed by atoms with Crippen LogP contribution >= 0.6 is 0 Å². The van der Waals surface area contributed by atoms with E-state index in [1.807, 2.05) is 23.9 Å². The summed E-state index contributed by atoms with van der Waals surface area (Å²) in [5, 5.41) is 22.8. The lowest BCUT2D eigenvalue weighted by Crippen LogP contribution is -2.09. The monoisotopic (exact) mass is 271 g/mol. The first kappa shape index (κ1) is 13.5. The number of aryl methyl sites for hydroxylation is 1. The van der Waals surface area contributed by atoms with E-state index in [-0.39, 0.29) is 11.3 Å². The van der Waals surface area contributed by atoms with Crippen LogP contribution in [0.5, 0.6) is 0 Å². The van der Waals surface area contributed by atoms with Gasteiger partial charge in [-0.15, -0.1) is 0 Å². The van der Waals surface area contributed by atoms with E-state index < -0.39 is 4.92 Å². The number of benzene rings is 1. The van der Waals surface area contributed by atoms with E-state index in [0.29, 0.717) is 18.7 Å². The molecule has 1 N–H and O–H groups in total. The minimum absolute atomic E-state index is 0.0869. The molecule has 0 amide bonds. The van der Waals surface area contributed by atoms with Crippen LogP contribution < -0.4 is 5.32 Å². The zero-order valence-electron chi connectivity index (χ0n) is 10.9. The first-order valence-corrected chi connectivity index (χ1v) is 6.00. The maximum atomic E-state index is 10.7. The molecule has 0 saturated carbocycles. The summed E-state index contributed by atoms with van der Waals surface area (Å²) >= 11 is 0. The average molecular weight is 271 g/mol. The summed E-state index contributed by atoms with van der Waals surface area (Å²) in [7, 11) is 1.91. The lowest BCUT2D eigenvalue weighted by Gasteiger charge is -2.08. The molecule has 102 valence electrons. The smallest absolute Gasteiger partial charge is 0.270 e.